The summed E-state index contributed by atoms with van der Waals surface area (Å²) in [7, 11) is -4.24. The lowest BCUT2D eigenvalue weighted by atomic mass is 10.1. The molecule has 0 bridgehead atoms. The third kappa shape index (κ3) is 4.12. The van der Waals surface area contributed by atoms with Crippen LogP contribution in [0.1, 0.15) is 23.7 Å². The van der Waals surface area contributed by atoms with Crippen molar-refractivity contribution in [1.29, 1.82) is 5.39 Å². The number of ether oxygens (including phenoxy) is 1. The summed E-state index contributed by atoms with van der Waals surface area (Å²) in [5.41, 5.74) is 0.192. The Balaban J connectivity index is 1.92. The molecule has 0 aliphatic rings. The molecule has 1 N–H and O–H groups in total. The first-order valence-electron chi connectivity index (χ1n) is 8.69. The summed E-state index contributed by atoms with van der Waals surface area (Å²) in [5.74, 6) is -0.840. The molecular weight excluding hydrogens is 396 g/mol. The lowest BCUT2D eigenvalue weighted by Gasteiger charge is -2.10. The molecule has 0 radical (unpaired) electrons. The molecule has 0 aliphatic carbocycles. The Bertz CT molecular complexity index is 1210. The Labute approximate surface area is 167 Å². The van der Waals surface area contributed by atoms with E-state index in [2.05, 4.69) is 4.98 Å². The number of esters is 1. The zero-order valence-corrected chi connectivity index (χ0v) is 16.2. The Hall–Kier alpha value is -3.64. The maximum Gasteiger partial charge on any atom is 0.426 e. The maximum atomic E-state index is 12.8. The average molecular weight is 413 g/mol. The molecule has 0 aromatic heterocycles. The van der Waals surface area contributed by atoms with Crippen LogP contribution >= 0.6 is 0 Å². The van der Waals surface area contributed by atoms with Crippen LogP contribution in [-0.2, 0) is 14.9 Å². The van der Waals surface area contributed by atoms with Crippen molar-refractivity contribution in [3.8, 4) is 11.5 Å². The van der Waals surface area contributed by atoms with E-state index in [1.807, 2.05) is 6.92 Å². The predicted molar refractivity (Wildman–Crippen MR) is 105 cm³/mol. The summed E-state index contributed by atoms with van der Waals surface area (Å²) in [5, 5.41) is 19.4. The number of nitrogens with zero attached hydrogens (tertiary/aromatic N) is 2. The lowest BCUT2D eigenvalue weighted by molar-refractivity contribution is 0.0505. The van der Waals surface area contributed by atoms with Gasteiger partial charge in [0.05, 0.1) is 12.2 Å². The largest absolute Gasteiger partial charge is 0.501 e. The Kier molecular flexibility index (Phi) is 5.66. The number of carbonyl (C=O) groups is 1. The van der Waals surface area contributed by atoms with Gasteiger partial charge in [-0.05, 0) is 42.8 Å². The van der Waals surface area contributed by atoms with Crippen LogP contribution in [0.15, 0.2) is 59.5 Å². The number of fused-ring (bicyclic) bond motifs is 1. The van der Waals surface area contributed by atoms with Crippen molar-refractivity contribution in [3.63, 3.8) is 0 Å². The summed E-state index contributed by atoms with van der Waals surface area (Å²) in [4.78, 5) is 14.6. The van der Waals surface area contributed by atoms with E-state index in [1.165, 1.54) is 54.6 Å². The molecule has 0 spiro atoms. The van der Waals surface area contributed by atoms with E-state index in [9.17, 15) is 18.3 Å². The number of carbonyl (C=O) groups excluding carboxylic acids is 1. The fraction of sp³-hybridized carbons (Fsp3) is 0.150. The number of rotatable bonds is 6. The molecule has 29 heavy (non-hydrogen) atoms. The number of phenolic OH excluding ortho intramolecular Hbond substituents is 1. The first-order valence-corrected chi connectivity index (χ1v) is 10.1. The molecule has 0 unspecified atom stereocenters. The number of diazo groups is 1. The zero-order valence-electron chi connectivity index (χ0n) is 15.4. The second-order valence-electron chi connectivity index (χ2n) is 6.08. The summed E-state index contributed by atoms with van der Waals surface area (Å²) in [6.07, 6.45) is 0.694. The first-order chi connectivity index (χ1) is 13.9. The summed E-state index contributed by atoms with van der Waals surface area (Å²) < 4.78 is 35.7. The van der Waals surface area contributed by atoms with Crippen LogP contribution in [0.4, 0.5) is 5.69 Å². The highest BCUT2D eigenvalue weighted by molar-refractivity contribution is 7.87. The third-order valence-corrected chi connectivity index (χ3v) is 5.39. The molecule has 8 nitrogen and oxygen atoms in total. The molecule has 3 rings (SSSR count). The minimum atomic E-state index is -4.24. The minimum Gasteiger partial charge on any atom is -0.501 e. The van der Waals surface area contributed by atoms with E-state index < -0.39 is 16.1 Å². The van der Waals surface area contributed by atoms with Gasteiger partial charge in [0.15, 0.2) is 4.98 Å². The molecule has 0 aliphatic heterocycles. The topological polar surface area (TPSA) is 118 Å². The van der Waals surface area contributed by atoms with Crippen LogP contribution in [-0.4, -0.2) is 26.1 Å². The van der Waals surface area contributed by atoms with Crippen molar-refractivity contribution in [3.05, 3.63) is 65.1 Å². The highest BCUT2D eigenvalue weighted by atomic mass is 32.2. The normalized spacial score (nSPS) is 11.0. The fourth-order valence-corrected chi connectivity index (χ4v) is 3.84. The summed E-state index contributed by atoms with van der Waals surface area (Å²) in [6, 6.07) is 12.5. The lowest BCUT2D eigenvalue weighted by Crippen LogP contribution is -2.11. The van der Waals surface area contributed by atoms with E-state index in [-0.39, 0.29) is 38.4 Å². The fourth-order valence-electron chi connectivity index (χ4n) is 2.70. The molecule has 9 heteroatoms. The molecule has 3 aromatic carbocycles. The van der Waals surface area contributed by atoms with Crippen LogP contribution in [0.5, 0.6) is 11.5 Å². The second kappa shape index (κ2) is 8.16. The first kappa shape index (κ1) is 20.1. The van der Waals surface area contributed by atoms with Crippen molar-refractivity contribution in [2.24, 2.45) is 0 Å². The van der Waals surface area contributed by atoms with E-state index in [0.29, 0.717) is 13.0 Å². The van der Waals surface area contributed by atoms with Gasteiger partial charge in [-0.3, -0.25) is 0 Å². The maximum absolute atomic E-state index is 12.8. The average Bonchev–Trinajstić information content (AvgIpc) is 2.72. The van der Waals surface area contributed by atoms with Crippen LogP contribution in [0, 0.1) is 5.39 Å². The van der Waals surface area contributed by atoms with Crippen molar-refractivity contribution in [2.75, 3.05) is 6.61 Å². The molecule has 148 valence electrons. The van der Waals surface area contributed by atoms with Gasteiger partial charge in [0, 0.05) is 16.8 Å². The number of benzene rings is 3. The number of phenols is 1. The highest BCUT2D eigenvalue weighted by Crippen LogP contribution is 2.37. The van der Waals surface area contributed by atoms with Crippen LogP contribution in [0.3, 0.4) is 0 Å². The zero-order chi connectivity index (χ0) is 21.0. The molecule has 3 aromatic rings. The summed E-state index contributed by atoms with van der Waals surface area (Å²) >= 11 is 0. The quantitative estimate of drug-likeness (QED) is 0.362. The van der Waals surface area contributed by atoms with E-state index >= 15 is 0 Å². The minimum absolute atomic E-state index is 0.0141. The van der Waals surface area contributed by atoms with Crippen molar-refractivity contribution in [2.45, 2.75) is 18.2 Å². The number of hydrogen-bond donors (Lipinski definition) is 1. The van der Waals surface area contributed by atoms with Gasteiger partial charge in [-0.2, -0.15) is 8.42 Å². The smallest absolute Gasteiger partial charge is 0.426 e. The predicted octanol–water partition coefficient (Wildman–Crippen LogP) is 4.36. The Morgan fingerprint density at radius 3 is 2.45 bits per heavy atom. The van der Waals surface area contributed by atoms with Crippen LogP contribution in [0.2, 0.25) is 0 Å². The van der Waals surface area contributed by atoms with Gasteiger partial charge in [0.2, 0.25) is 11.1 Å². The molecule has 0 saturated heterocycles. The van der Waals surface area contributed by atoms with Crippen LogP contribution < -0.4 is 4.18 Å². The monoisotopic (exact) mass is 413 g/mol. The molecule has 0 amide bonds. The Morgan fingerprint density at radius 2 is 1.79 bits per heavy atom. The van der Waals surface area contributed by atoms with E-state index in [0.717, 1.165) is 0 Å². The highest BCUT2D eigenvalue weighted by Gasteiger charge is 2.24. The van der Waals surface area contributed by atoms with Crippen molar-refractivity contribution in [1.82, 2.24) is 0 Å². The van der Waals surface area contributed by atoms with Crippen LogP contribution in [0.25, 0.3) is 15.7 Å². The molecule has 0 heterocycles. The van der Waals surface area contributed by atoms with Gasteiger partial charge in [-0.1, -0.05) is 19.1 Å². The molecular formula is C20H17N2O6S+. The Morgan fingerprint density at radius 1 is 1.07 bits per heavy atom. The molecule has 0 saturated carbocycles. The second-order valence-corrected chi connectivity index (χ2v) is 7.60. The standard InChI is InChI=1S/C20H16N2O6S/c1-2-12-27-20(24)13-6-8-14(9-7-13)28-29(25,26)18-5-3-4-16-15(18)10-11-17(22-21)19(16)23/h3-11H,2,12H2,1H3/p+1. The van der Waals surface area contributed by atoms with Gasteiger partial charge >= 0.3 is 21.8 Å². The molecule has 0 fully saturated rings. The SMILES string of the molecule is CCCOC(=O)c1ccc(OS(=O)(=O)c2cccc3c(O)c([N+]#N)ccc23)cc1. The van der Waals surface area contributed by atoms with Crippen molar-refractivity contribution >= 4 is 32.5 Å². The van der Waals surface area contributed by atoms with Crippen molar-refractivity contribution < 1.29 is 27.2 Å². The van der Waals surface area contributed by atoms with Gasteiger partial charge in [-0.25, -0.2) is 4.79 Å². The van der Waals surface area contributed by atoms with E-state index in [4.69, 9.17) is 14.3 Å². The number of hydrogen-bond acceptors (Lipinski definition) is 7. The van der Waals surface area contributed by atoms with E-state index in [1.54, 1.807) is 0 Å². The van der Waals surface area contributed by atoms with Gasteiger partial charge in [0.1, 0.15) is 10.6 Å². The van der Waals surface area contributed by atoms with Gasteiger partial charge in [-0.15, -0.1) is 0 Å². The molecule has 0 atom stereocenters. The third-order valence-electron chi connectivity index (χ3n) is 4.08. The van der Waals surface area contributed by atoms with Gasteiger partial charge in [0.25, 0.3) is 0 Å². The van der Waals surface area contributed by atoms with Gasteiger partial charge < -0.3 is 14.0 Å². The summed E-state index contributed by atoms with van der Waals surface area (Å²) in [6.45, 7) is 2.17. The number of aromatic hydroxyl groups is 1.